The molecule has 2 heterocycles. The Balaban J connectivity index is 1.77. The van der Waals surface area contributed by atoms with Crippen molar-refractivity contribution in [3.05, 3.63) is 57.9 Å². The van der Waals surface area contributed by atoms with E-state index in [0.29, 0.717) is 16.5 Å². The molecule has 0 saturated carbocycles. The molecule has 0 aliphatic rings. The van der Waals surface area contributed by atoms with Gasteiger partial charge in [0.05, 0.1) is 17.1 Å². The number of rotatable bonds is 5. The van der Waals surface area contributed by atoms with Crippen LogP contribution in [-0.4, -0.2) is 22.0 Å². The molecular weight excluding hydrogens is 366 g/mol. The molecule has 0 saturated heterocycles. The van der Waals surface area contributed by atoms with E-state index in [1.807, 2.05) is 32.0 Å². The van der Waals surface area contributed by atoms with Crippen molar-refractivity contribution < 1.29 is 18.8 Å². The second kappa shape index (κ2) is 7.71. The Hall–Kier alpha value is -3.00. The SMILES string of the molecule is CC(=O)N(c1nc(COC(=O)c2cc(C)no2)cs1)c1cccc(C)c1C. The number of anilines is 2. The van der Waals surface area contributed by atoms with E-state index >= 15 is 0 Å². The van der Waals surface area contributed by atoms with Crippen LogP contribution in [-0.2, 0) is 16.1 Å². The fraction of sp³-hybridized carbons (Fsp3) is 0.263. The molecule has 8 heteroatoms. The average Bonchev–Trinajstić information content (AvgIpc) is 3.26. The molecule has 140 valence electrons. The third-order valence-electron chi connectivity index (χ3n) is 4.04. The molecule has 2 aromatic heterocycles. The molecule has 1 amide bonds. The molecule has 3 aromatic rings. The molecule has 0 spiro atoms. The zero-order valence-electron chi connectivity index (χ0n) is 15.5. The van der Waals surface area contributed by atoms with E-state index in [1.54, 1.807) is 17.2 Å². The summed E-state index contributed by atoms with van der Waals surface area (Å²) in [5.41, 5.74) is 4.04. The minimum Gasteiger partial charge on any atom is -0.453 e. The lowest BCUT2D eigenvalue weighted by Crippen LogP contribution is -2.23. The normalized spacial score (nSPS) is 10.7. The molecule has 0 unspecified atom stereocenters. The van der Waals surface area contributed by atoms with E-state index < -0.39 is 5.97 Å². The van der Waals surface area contributed by atoms with Gasteiger partial charge < -0.3 is 9.26 Å². The van der Waals surface area contributed by atoms with E-state index in [1.165, 1.54) is 24.3 Å². The summed E-state index contributed by atoms with van der Waals surface area (Å²) in [7, 11) is 0. The Morgan fingerprint density at radius 1 is 1.26 bits per heavy atom. The number of nitrogens with zero attached hydrogens (tertiary/aromatic N) is 3. The lowest BCUT2D eigenvalue weighted by molar-refractivity contribution is -0.115. The number of ether oxygens (including phenoxy) is 1. The summed E-state index contributed by atoms with van der Waals surface area (Å²) in [6.45, 7) is 7.16. The Kier molecular flexibility index (Phi) is 5.36. The van der Waals surface area contributed by atoms with Crippen LogP contribution < -0.4 is 4.90 Å². The number of carbonyl (C=O) groups excluding carboxylic acids is 2. The number of amides is 1. The molecule has 0 aliphatic heterocycles. The number of benzene rings is 1. The van der Waals surface area contributed by atoms with Gasteiger partial charge in [0.25, 0.3) is 0 Å². The summed E-state index contributed by atoms with van der Waals surface area (Å²) in [6.07, 6.45) is 0. The van der Waals surface area contributed by atoms with Crippen molar-refractivity contribution in [2.75, 3.05) is 4.90 Å². The van der Waals surface area contributed by atoms with E-state index in [2.05, 4.69) is 10.1 Å². The molecule has 3 rings (SSSR count). The highest BCUT2D eigenvalue weighted by atomic mass is 32.1. The van der Waals surface area contributed by atoms with Crippen LogP contribution in [0.3, 0.4) is 0 Å². The number of aryl methyl sites for hydroxylation is 2. The zero-order valence-corrected chi connectivity index (χ0v) is 16.3. The van der Waals surface area contributed by atoms with E-state index in [-0.39, 0.29) is 18.3 Å². The lowest BCUT2D eigenvalue weighted by Gasteiger charge is -2.21. The van der Waals surface area contributed by atoms with Crippen molar-refractivity contribution in [3.8, 4) is 0 Å². The number of hydrogen-bond acceptors (Lipinski definition) is 7. The first-order valence-electron chi connectivity index (χ1n) is 8.28. The summed E-state index contributed by atoms with van der Waals surface area (Å²) < 4.78 is 10.1. The standard InChI is InChI=1S/C19H19N3O4S/c1-11-6-5-7-16(13(11)3)22(14(4)23)19-20-15(10-27-19)9-25-18(24)17-8-12(2)21-26-17/h5-8,10H,9H2,1-4H3. The first-order chi connectivity index (χ1) is 12.9. The van der Waals surface area contributed by atoms with E-state index in [0.717, 1.165) is 16.8 Å². The maximum atomic E-state index is 12.3. The molecule has 27 heavy (non-hydrogen) atoms. The minimum atomic E-state index is -0.608. The van der Waals surface area contributed by atoms with Gasteiger partial charge in [0.15, 0.2) is 5.13 Å². The first kappa shape index (κ1) is 18.8. The van der Waals surface area contributed by atoms with Gasteiger partial charge in [-0.3, -0.25) is 9.69 Å². The molecule has 0 bridgehead atoms. The Labute approximate surface area is 160 Å². The molecular formula is C19H19N3O4S. The van der Waals surface area contributed by atoms with E-state index in [4.69, 9.17) is 9.26 Å². The van der Waals surface area contributed by atoms with E-state index in [9.17, 15) is 9.59 Å². The van der Waals surface area contributed by atoms with Gasteiger partial charge in [-0.1, -0.05) is 17.3 Å². The van der Waals surface area contributed by atoms with Crippen LogP contribution in [0.4, 0.5) is 10.8 Å². The molecule has 1 aromatic carbocycles. The number of carbonyl (C=O) groups is 2. The van der Waals surface area contributed by atoms with Gasteiger partial charge in [-0.15, -0.1) is 11.3 Å². The second-order valence-electron chi connectivity index (χ2n) is 6.10. The average molecular weight is 385 g/mol. The van der Waals surface area contributed by atoms with Gasteiger partial charge in [0.1, 0.15) is 6.61 Å². The molecule has 0 atom stereocenters. The zero-order chi connectivity index (χ0) is 19.6. The predicted molar refractivity (Wildman–Crippen MR) is 101 cm³/mol. The van der Waals surface area contributed by atoms with Crippen LogP contribution in [0, 0.1) is 20.8 Å². The maximum Gasteiger partial charge on any atom is 0.377 e. The monoisotopic (exact) mass is 385 g/mol. The van der Waals surface area contributed by atoms with Crippen molar-refractivity contribution in [1.29, 1.82) is 0 Å². The lowest BCUT2D eigenvalue weighted by atomic mass is 10.1. The number of thiazole rings is 1. The van der Waals surface area contributed by atoms with Gasteiger partial charge in [-0.25, -0.2) is 9.78 Å². The van der Waals surface area contributed by atoms with Gasteiger partial charge in [0.2, 0.25) is 11.7 Å². The number of esters is 1. The van der Waals surface area contributed by atoms with Crippen LogP contribution in [0.25, 0.3) is 0 Å². The largest absolute Gasteiger partial charge is 0.453 e. The third-order valence-corrected chi connectivity index (χ3v) is 4.92. The smallest absolute Gasteiger partial charge is 0.377 e. The summed E-state index contributed by atoms with van der Waals surface area (Å²) in [5.74, 6) is -0.703. The molecule has 0 radical (unpaired) electrons. The van der Waals surface area contributed by atoms with Crippen molar-refractivity contribution >= 4 is 34.0 Å². The van der Waals surface area contributed by atoms with Crippen LogP contribution in [0.2, 0.25) is 0 Å². The molecule has 0 aliphatic carbocycles. The summed E-state index contributed by atoms with van der Waals surface area (Å²) in [4.78, 5) is 30.2. The highest BCUT2D eigenvalue weighted by Crippen LogP contribution is 2.32. The fourth-order valence-electron chi connectivity index (χ4n) is 2.52. The molecule has 0 N–H and O–H groups in total. The highest BCUT2D eigenvalue weighted by molar-refractivity contribution is 7.14. The summed E-state index contributed by atoms with van der Waals surface area (Å²) in [6, 6.07) is 7.29. The summed E-state index contributed by atoms with van der Waals surface area (Å²) in [5, 5.41) is 5.94. The van der Waals surface area contributed by atoms with Gasteiger partial charge in [0, 0.05) is 18.4 Å². The first-order valence-corrected chi connectivity index (χ1v) is 9.16. The molecule has 7 nitrogen and oxygen atoms in total. The highest BCUT2D eigenvalue weighted by Gasteiger charge is 2.21. The Morgan fingerprint density at radius 2 is 2.04 bits per heavy atom. The third kappa shape index (κ3) is 4.06. The minimum absolute atomic E-state index is 0.0202. The van der Waals surface area contributed by atoms with Gasteiger partial charge in [-0.05, 0) is 38.0 Å². The number of hydrogen-bond donors (Lipinski definition) is 0. The maximum absolute atomic E-state index is 12.3. The number of aromatic nitrogens is 2. The summed E-state index contributed by atoms with van der Waals surface area (Å²) >= 11 is 1.31. The van der Waals surface area contributed by atoms with Crippen LogP contribution in [0.1, 0.15) is 40.0 Å². The van der Waals surface area contributed by atoms with Crippen molar-refractivity contribution in [1.82, 2.24) is 10.1 Å². The second-order valence-corrected chi connectivity index (χ2v) is 6.94. The van der Waals surface area contributed by atoms with Crippen molar-refractivity contribution in [2.24, 2.45) is 0 Å². The fourth-order valence-corrected chi connectivity index (χ4v) is 3.39. The Bertz CT molecular complexity index is 993. The quantitative estimate of drug-likeness (QED) is 0.615. The van der Waals surface area contributed by atoms with Gasteiger partial charge >= 0.3 is 5.97 Å². The topological polar surface area (TPSA) is 85.5 Å². The van der Waals surface area contributed by atoms with Crippen LogP contribution >= 0.6 is 11.3 Å². The van der Waals surface area contributed by atoms with Crippen LogP contribution in [0.5, 0.6) is 0 Å². The predicted octanol–water partition coefficient (Wildman–Crippen LogP) is 4.10. The Morgan fingerprint density at radius 3 is 2.70 bits per heavy atom. The van der Waals surface area contributed by atoms with Crippen molar-refractivity contribution in [2.45, 2.75) is 34.3 Å². The molecule has 0 fully saturated rings. The van der Waals surface area contributed by atoms with Gasteiger partial charge in [-0.2, -0.15) is 0 Å². The van der Waals surface area contributed by atoms with Crippen LogP contribution in [0.15, 0.2) is 34.2 Å². The van der Waals surface area contributed by atoms with Crippen molar-refractivity contribution in [3.63, 3.8) is 0 Å².